The van der Waals surface area contributed by atoms with Crippen LogP contribution in [0.2, 0.25) is 0 Å². The van der Waals surface area contributed by atoms with Gasteiger partial charge in [-0.2, -0.15) is 5.10 Å². The third-order valence-electron chi connectivity index (χ3n) is 5.94. The van der Waals surface area contributed by atoms with Gasteiger partial charge in [-0.25, -0.2) is 14.3 Å². The zero-order chi connectivity index (χ0) is 22.7. The number of nitrogens with zero attached hydrogens (tertiary/aromatic N) is 3. The topological polar surface area (TPSA) is 73.7 Å². The lowest BCUT2D eigenvalue weighted by Crippen LogP contribution is -2.32. The predicted molar refractivity (Wildman–Crippen MR) is 122 cm³/mol. The Labute approximate surface area is 187 Å². The summed E-state index contributed by atoms with van der Waals surface area (Å²) >= 11 is 0. The van der Waals surface area contributed by atoms with Gasteiger partial charge in [-0.05, 0) is 43.0 Å². The number of benzene rings is 2. The largest absolute Gasteiger partial charge is 0.465 e. The fourth-order valence-electron chi connectivity index (χ4n) is 4.05. The molecule has 2 heterocycles. The van der Waals surface area contributed by atoms with Gasteiger partial charge in [0.25, 0.3) is 0 Å². The van der Waals surface area contributed by atoms with Crippen molar-refractivity contribution in [3.8, 4) is 16.9 Å². The van der Waals surface area contributed by atoms with Crippen LogP contribution in [0.5, 0.6) is 0 Å². The van der Waals surface area contributed by atoms with E-state index in [1.807, 2.05) is 54.6 Å². The van der Waals surface area contributed by atoms with Crippen LogP contribution in [0.4, 0.5) is 5.69 Å². The number of anilines is 1. The van der Waals surface area contributed by atoms with Gasteiger partial charge in [0.05, 0.1) is 19.9 Å². The van der Waals surface area contributed by atoms with Gasteiger partial charge in [-0.15, -0.1) is 0 Å². The van der Waals surface area contributed by atoms with Crippen molar-refractivity contribution in [1.29, 1.82) is 0 Å². The quantitative estimate of drug-likeness (QED) is 0.557. The summed E-state index contributed by atoms with van der Waals surface area (Å²) in [6.45, 7) is 4.35. The number of hydrogen-bond donors (Lipinski definition) is 0. The molecule has 0 amide bonds. The summed E-state index contributed by atoms with van der Waals surface area (Å²) in [6.07, 6.45) is 2.36. The molecular weight excluding hydrogens is 406 g/mol. The highest BCUT2D eigenvalue weighted by molar-refractivity contribution is 6.06. The molecule has 166 valence electrons. The van der Waals surface area contributed by atoms with E-state index >= 15 is 0 Å². The first-order chi connectivity index (χ1) is 15.5. The van der Waals surface area contributed by atoms with Gasteiger partial charge in [-0.1, -0.05) is 37.3 Å². The number of carbonyl (C=O) groups excluding carboxylic acids is 2. The maximum Gasteiger partial charge on any atom is 0.357 e. The molecule has 7 heteroatoms. The molecular formula is C25H27N3O4. The summed E-state index contributed by atoms with van der Waals surface area (Å²) in [4.78, 5) is 27.8. The number of carbonyl (C=O) groups is 2. The van der Waals surface area contributed by atoms with Crippen molar-refractivity contribution in [3.63, 3.8) is 0 Å². The molecule has 1 aromatic heterocycles. The summed E-state index contributed by atoms with van der Waals surface area (Å²) in [6, 6.07) is 17.1. The van der Waals surface area contributed by atoms with E-state index in [2.05, 4.69) is 16.9 Å². The van der Waals surface area contributed by atoms with E-state index in [0.29, 0.717) is 11.4 Å². The molecule has 7 nitrogen and oxygen atoms in total. The second-order valence-electron chi connectivity index (χ2n) is 8.02. The highest BCUT2D eigenvalue weighted by atomic mass is 16.5. The molecule has 1 saturated heterocycles. The Morgan fingerprint density at radius 1 is 0.875 bits per heavy atom. The van der Waals surface area contributed by atoms with Gasteiger partial charge >= 0.3 is 11.9 Å². The first-order valence-electron chi connectivity index (χ1n) is 10.7. The van der Waals surface area contributed by atoms with Crippen LogP contribution in [0, 0.1) is 5.92 Å². The third-order valence-corrected chi connectivity index (χ3v) is 5.94. The summed E-state index contributed by atoms with van der Waals surface area (Å²) in [5.41, 5.74) is 3.00. The average Bonchev–Trinajstić information content (AvgIpc) is 3.25. The molecule has 0 aliphatic carbocycles. The number of piperidine rings is 1. The molecule has 1 aliphatic rings. The van der Waals surface area contributed by atoms with E-state index in [1.165, 1.54) is 31.7 Å². The predicted octanol–water partition coefficient (Wildman–Crippen LogP) is 4.35. The normalized spacial score (nSPS) is 14.3. The van der Waals surface area contributed by atoms with E-state index in [9.17, 15) is 9.59 Å². The Morgan fingerprint density at radius 2 is 1.50 bits per heavy atom. The van der Waals surface area contributed by atoms with Crippen LogP contribution in [-0.4, -0.2) is 49.0 Å². The number of rotatable bonds is 5. The molecule has 0 radical (unpaired) electrons. The van der Waals surface area contributed by atoms with Crippen molar-refractivity contribution in [2.45, 2.75) is 19.8 Å². The van der Waals surface area contributed by atoms with Crippen molar-refractivity contribution in [2.24, 2.45) is 5.92 Å². The van der Waals surface area contributed by atoms with E-state index < -0.39 is 11.9 Å². The summed E-state index contributed by atoms with van der Waals surface area (Å²) < 4.78 is 11.4. The first-order valence-corrected chi connectivity index (χ1v) is 10.7. The van der Waals surface area contributed by atoms with Crippen LogP contribution in [0.1, 0.15) is 40.6 Å². The van der Waals surface area contributed by atoms with E-state index in [0.717, 1.165) is 30.3 Å². The van der Waals surface area contributed by atoms with Crippen molar-refractivity contribution in [2.75, 3.05) is 32.2 Å². The SMILES string of the molecule is COC(=O)c1c(-c2ccc(N3CCC(C)CC3)cc2)nn(-c2ccccc2)c1C(=O)OC. The molecule has 0 N–H and O–H groups in total. The fourth-order valence-corrected chi connectivity index (χ4v) is 4.05. The standard InChI is InChI=1S/C25H27N3O4/c1-17-13-15-27(16-14-17)19-11-9-18(10-12-19)22-21(24(29)31-2)23(25(30)32-3)28(26-22)20-7-5-4-6-8-20/h4-12,17H,13-16H2,1-3H3. The second-order valence-corrected chi connectivity index (χ2v) is 8.02. The molecule has 1 aliphatic heterocycles. The van der Waals surface area contributed by atoms with E-state index in [1.54, 1.807) is 0 Å². The van der Waals surface area contributed by atoms with Crippen LogP contribution in [0.3, 0.4) is 0 Å². The molecule has 32 heavy (non-hydrogen) atoms. The van der Waals surface area contributed by atoms with Crippen LogP contribution >= 0.6 is 0 Å². The Bertz CT molecular complexity index is 1100. The summed E-state index contributed by atoms with van der Waals surface area (Å²) in [7, 11) is 2.56. The minimum Gasteiger partial charge on any atom is -0.465 e. The lowest BCUT2D eigenvalue weighted by Gasteiger charge is -2.32. The Morgan fingerprint density at radius 3 is 2.09 bits per heavy atom. The monoisotopic (exact) mass is 433 g/mol. The number of esters is 2. The van der Waals surface area contributed by atoms with Crippen LogP contribution in [-0.2, 0) is 9.47 Å². The lowest BCUT2D eigenvalue weighted by molar-refractivity contribution is 0.0549. The molecule has 0 unspecified atom stereocenters. The van der Waals surface area contributed by atoms with Crippen molar-refractivity contribution in [3.05, 3.63) is 65.9 Å². The van der Waals surface area contributed by atoms with Crippen LogP contribution in [0.15, 0.2) is 54.6 Å². The zero-order valence-corrected chi connectivity index (χ0v) is 18.6. The van der Waals surface area contributed by atoms with Crippen LogP contribution in [0.25, 0.3) is 16.9 Å². The Kier molecular flexibility index (Phi) is 6.25. The van der Waals surface area contributed by atoms with Gasteiger partial charge in [0.15, 0.2) is 5.69 Å². The average molecular weight is 434 g/mol. The number of methoxy groups -OCH3 is 2. The number of aromatic nitrogens is 2. The molecule has 0 atom stereocenters. The third kappa shape index (κ3) is 4.10. The van der Waals surface area contributed by atoms with Crippen molar-refractivity contribution in [1.82, 2.24) is 9.78 Å². The van der Waals surface area contributed by atoms with Gasteiger partial charge in [0, 0.05) is 24.3 Å². The zero-order valence-electron chi connectivity index (χ0n) is 18.6. The second kappa shape index (κ2) is 9.26. The smallest absolute Gasteiger partial charge is 0.357 e. The van der Waals surface area contributed by atoms with Gasteiger partial charge < -0.3 is 14.4 Å². The maximum absolute atomic E-state index is 12.7. The molecule has 0 saturated carbocycles. The molecule has 0 bridgehead atoms. The highest BCUT2D eigenvalue weighted by Crippen LogP contribution is 2.31. The number of ether oxygens (including phenoxy) is 2. The number of para-hydroxylation sites is 1. The van der Waals surface area contributed by atoms with Gasteiger partial charge in [-0.3, -0.25) is 0 Å². The van der Waals surface area contributed by atoms with Crippen LogP contribution < -0.4 is 4.90 Å². The molecule has 1 fully saturated rings. The van der Waals surface area contributed by atoms with Gasteiger partial charge in [0.1, 0.15) is 11.3 Å². The minimum absolute atomic E-state index is 0.0367. The van der Waals surface area contributed by atoms with Crippen molar-refractivity contribution >= 4 is 17.6 Å². The Balaban J connectivity index is 1.80. The van der Waals surface area contributed by atoms with Gasteiger partial charge in [0.2, 0.25) is 0 Å². The first kappa shape index (κ1) is 21.6. The Hall–Kier alpha value is -3.61. The molecule has 0 spiro atoms. The van der Waals surface area contributed by atoms with E-state index in [-0.39, 0.29) is 11.3 Å². The fraction of sp³-hybridized carbons (Fsp3) is 0.320. The summed E-state index contributed by atoms with van der Waals surface area (Å²) in [5, 5.41) is 4.64. The lowest BCUT2D eigenvalue weighted by atomic mass is 9.98. The van der Waals surface area contributed by atoms with E-state index in [4.69, 9.17) is 9.47 Å². The van der Waals surface area contributed by atoms with Crippen molar-refractivity contribution < 1.29 is 19.1 Å². The molecule has 3 aromatic rings. The summed E-state index contributed by atoms with van der Waals surface area (Å²) in [5.74, 6) is -0.546. The molecule has 2 aromatic carbocycles. The molecule has 4 rings (SSSR count). The maximum atomic E-state index is 12.7. The number of hydrogen-bond acceptors (Lipinski definition) is 6. The highest BCUT2D eigenvalue weighted by Gasteiger charge is 2.31. The minimum atomic E-state index is -0.660.